The van der Waals surface area contributed by atoms with Crippen LogP contribution < -0.4 is 4.74 Å². The van der Waals surface area contributed by atoms with Crippen LogP contribution in [0.5, 0.6) is 6.01 Å². The van der Waals surface area contributed by atoms with Gasteiger partial charge in [-0.1, -0.05) is 11.6 Å². The quantitative estimate of drug-likeness (QED) is 0.703. The maximum atomic E-state index is 14.1. The summed E-state index contributed by atoms with van der Waals surface area (Å²) in [7, 11) is 0. The molecule has 1 aliphatic carbocycles. The van der Waals surface area contributed by atoms with Crippen LogP contribution in [0.1, 0.15) is 55.8 Å². The molecule has 2 heterocycles. The average Bonchev–Trinajstić information content (AvgIpc) is 3.09. The summed E-state index contributed by atoms with van der Waals surface area (Å²) in [4.78, 5) is 8.18. The molecule has 7 nitrogen and oxygen atoms in total. The zero-order valence-corrected chi connectivity index (χ0v) is 15.8. The van der Waals surface area contributed by atoms with Crippen LogP contribution in [-0.4, -0.2) is 30.1 Å². The van der Waals surface area contributed by atoms with Gasteiger partial charge < -0.3 is 9.84 Å². The van der Waals surface area contributed by atoms with Gasteiger partial charge in [-0.05, 0) is 56.4 Å². The summed E-state index contributed by atoms with van der Waals surface area (Å²) in [6.07, 6.45) is 8.01. The zero-order valence-electron chi connectivity index (χ0n) is 15.8. The molecule has 1 aliphatic rings. The maximum Gasteiger partial charge on any atom is 0.316 e. The van der Waals surface area contributed by atoms with Gasteiger partial charge in [0.25, 0.3) is 0 Å². The van der Waals surface area contributed by atoms with Gasteiger partial charge in [0.15, 0.2) is 0 Å². The first kappa shape index (κ1) is 18.5. The molecule has 0 unspecified atom stereocenters. The summed E-state index contributed by atoms with van der Waals surface area (Å²) in [5, 5.41) is 18.1. The van der Waals surface area contributed by atoms with Crippen LogP contribution in [-0.2, 0) is 12.2 Å². The molecule has 0 radical (unpaired) electrons. The Bertz CT molecular complexity index is 961. The van der Waals surface area contributed by atoms with E-state index in [0.717, 1.165) is 30.5 Å². The first-order valence-electron chi connectivity index (χ1n) is 9.29. The molecular weight excluding hydrogens is 361 g/mol. The third kappa shape index (κ3) is 3.87. The largest absolute Gasteiger partial charge is 0.457 e. The Labute approximate surface area is 162 Å². The van der Waals surface area contributed by atoms with Crippen LogP contribution in [0.2, 0.25) is 0 Å². The number of aromatic nitrogens is 5. The van der Waals surface area contributed by atoms with Gasteiger partial charge in [-0.3, -0.25) is 0 Å². The maximum absolute atomic E-state index is 14.1. The molecule has 0 atom stereocenters. The summed E-state index contributed by atoms with van der Waals surface area (Å²) < 4.78 is 21.2. The smallest absolute Gasteiger partial charge is 0.316 e. The van der Waals surface area contributed by atoms with Crippen molar-refractivity contribution in [3.8, 4) is 11.7 Å². The number of benzene rings is 1. The lowest BCUT2D eigenvalue weighted by atomic mass is 9.80. The number of aliphatic hydroxyl groups is 1. The van der Waals surface area contributed by atoms with Crippen LogP contribution in [0.4, 0.5) is 4.39 Å². The van der Waals surface area contributed by atoms with Crippen molar-refractivity contribution >= 4 is 0 Å². The molecule has 1 fully saturated rings. The first-order valence-corrected chi connectivity index (χ1v) is 9.29. The van der Waals surface area contributed by atoms with Crippen molar-refractivity contribution in [2.45, 2.75) is 51.2 Å². The van der Waals surface area contributed by atoms with E-state index in [4.69, 9.17) is 4.74 Å². The van der Waals surface area contributed by atoms with Gasteiger partial charge in [0.1, 0.15) is 18.1 Å². The number of hydrogen-bond donors (Lipinski definition) is 1. The Morgan fingerprint density at radius 1 is 1.25 bits per heavy atom. The van der Waals surface area contributed by atoms with E-state index in [2.05, 4.69) is 20.3 Å². The lowest BCUT2D eigenvalue weighted by Gasteiger charge is -2.26. The monoisotopic (exact) mass is 383 g/mol. The molecule has 0 spiro atoms. The second-order valence-electron chi connectivity index (χ2n) is 7.59. The molecule has 0 amide bonds. The van der Waals surface area contributed by atoms with E-state index in [1.165, 1.54) is 18.5 Å². The summed E-state index contributed by atoms with van der Waals surface area (Å²) in [5.74, 6) is 0.138. The predicted molar refractivity (Wildman–Crippen MR) is 99.5 cm³/mol. The van der Waals surface area contributed by atoms with Gasteiger partial charge >= 0.3 is 6.01 Å². The predicted octanol–water partition coefficient (Wildman–Crippen LogP) is 3.27. The van der Waals surface area contributed by atoms with Crippen LogP contribution in [0.3, 0.4) is 0 Å². The average molecular weight is 383 g/mol. The molecule has 146 valence electrons. The van der Waals surface area contributed by atoms with Gasteiger partial charge in [-0.25, -0.2) is 19.0 Å². The molecule has 0 bridgehead atoms. The number of halogens is 1. The van der Waals surface area contributed by atoms with Gasteiger partial charge in [0, 0.05) is 18.0 Å². The molecule has 4 rings (SSSR count). The minimum absolute atomic E-state index is 0.151. The molecule has 3 aromatic rings. The molecule has 0 aliphatic heterocycles. The van der Waals surface area contributed by atoms with E-state index in [0.29, 0.717) is 17.2 Å². The van der Waals surface area contributed by atoms with Gasteiger partial charge in [0.05, 0.1) is 17.5 Å². The van der Waals surface area contributed by atoms with Crippen LogP contribution in [0.15, 0.2) is 36.8 Å². The fourth-order valence-electron chi connectivity index (χ4n) is 3.04. The van der Waals surface area contributed by atoms with Crippen molar-refractivity contribution in [2.24, 2.45) is 0 Å². The summed E-state index contributed by atoms with van der Waals surface area (Å²) in [6.45, 7) is 3.48. The second kappa shape index (κ2) is 7.27. The highest BCUT2D eigenvalue weighted by Gasteiger charge is 2.23. The molecule has 0 saturated heterocycles. The lowest BCUT2D eigenvalue weighted by Crippen LogP contribution is -2.16. The standard InChI is InChI=1S/C20H22FN5O2/c1-20(2,27)14-9-22-19(23-10-14)28-12-15-11-26(25-24-15)16-6-7-18(21)17(8-16)13-4-3-5-13/h6-11,13,27H,3-5,12H2,1-2H3. The Hall–Kier alpha value is -2.87. The van der Waals surface area contributed by atoms with Crippen molar-refractivity contribution < 1.29 is 14.2 Å². The van der Waals surface area contributed by atoms with Gasteiger partial charge in [0.2, 0.25) is 0 Å². The third-order valence-electron chi connectivity index (χ3n) is 5.01. The number of nitrogens with zero attached hydrogens (tertiary/aromatic N) is 5. The minimum atomic E-state index is -1.01. The van der Waals surface area contributed by atoms with Crippen molar-refractivity contribution in [3.63, 3.8) is 0 Å². The molecule has 8 heteroatoms. The highest BCUT2D eigenvalue weighted by atomic mass is 19.1. The number of ether oxygens (including phenoxy) is 1. The van der Waals surface area contributed by atoms with Crippen molar-refractivity contribution in [1.29, 1.82) is 0 Å². The normalized spacial score (nSPS) is 14.7. The molecular formula is C20H22FN5O2. The Balaban J connectivity index is 1.43. The van der Waals surface area contributed by atoms with Crippen LogP contribution in [0.25, 0.3) is 5.69 Å². The van der Waals surface area contributed by atoms with Crippen molar-refractivity contribution in [3.05, 3.63) is 59.4 Å². The van der Waals surface area contributed by atoms with Crippen molar-refractivity contribution in [1.82, 2.24) is 25.0 Å². The van der Waals surface area contributed by atoms with E-state index >= 15 is 0 Å². The van der Waals surface area contributed by atoms with Crippen LogP contribution >= 0.6 is 0 Å². The Morgan fingerprint density at radius 2 is 2.00 bits per heavy atom. The summed E-state index contributed by atoms with van der Waals surface area (Å²) in [6, 6.07) is 5.21. The van der Waals surface area contributed by atoms with Crippen LogP contribution in [0, 0.1) is 5.82 Å². The Kier molecular flexibility index (Phi) is 4.80. The fourth-order valence-corrected chi connectivity index (χ4v) is 3.04. The number of hydrogen-bond acceptors (Lipinski definition) is 6. The third-order valence-corrected chi connectivity index (χ3v) is 5.01. The lowest BCUT2D eigenvalue weighted by molar-refractivity contribution is 0.0775. The SMILES string of the molecule is CC(C)(O)c1cnc(OCc2cn(-c3ccc(F)c(C4CCC4)c3)nn2)nc1. The van der Waals surface area contributed by atoms with E-state index < -0.39 is 5.60 Å². The Morgan fingerprint density at radius 3 is 2.64 bits per heavy atom. The van der Waals surface area contributed by atoms with E-state index in [1.807, 2.05) is 6.07 Å². The second-order valence-corrected chi connectivity index (χ2v) is 7.59. The van der Waals surface area contributed by atoms with E-state index in [9.17, 15) is 9.50 Å². The topological polar surface area (TPSA) is 86.0 Å². The summed E-state index contributed by atoms with van der Waals surface area (Å²) in [5.41, 5.74) is 1.72. The number of rotatable bonds is 6. The fraction of sp³-hybridized carbons (Fsp3) is 0.400. The molecule has 2 aromatic heterocycles. The molecule has 1 N–H and O–H groups in total. The molecule has 1 aromatic carbocycles. The highest BCUT2D eigenvalue weighted by molar-refractivity contribution is 5.38. The van der Waals surface area contributed by atoms with Crippen molar-refractivity contribution in [2.75, 3.05) is 0 Å². The highest BCUT2D eigenvalue weighted by Crippen LogP contribution is 2.38. The minimum Gasteiger partial charge on any atom is -0.457 e. The van der Waals surface area contributed by atoms with Gasteiger partial charge in [-0.2, -0.15) is 0 Å². The molecule has 1 saturated carbocycles. The molecule has 28 heavy (non-hydrogen) atoms. The van der Waals surface area contributed by atoms with E-state index in [-0.39, 0.29) is 18.4 Å². The zero-order chi connectivity index (χ0) is 19.7. The summed E-state index contributed by atoms with van der Waals surface area (Å²) >= 11 is 0. The van der Waals surface area contributed by atoms with E-state index in [1.54, 1.807) is 30.8 Å². The first-order chi connectivity index (χ1) is 13.4. The van der Waals surface area contributed by atoms with Gasteiger partial charge in [-0.15, -0.1) is 5.10 Å².